The van der Waals surface area contributed by atoms with Crippen LogP contribution in [0.25, 0.3) is 11.0 Å². The van der Waals surface area contributed by atoms with E-state index in [1.165, 1.54) is 24.2 Å². The number of carboxylic acid groups (broad SMARTS) is 1. The smallest absolute Gasteiger partial charge is 0.328 e. The van der Waals surface area contributed by atoms with Crippen molar-refractivity contribution in [1.82, 2.24) is 9.38 Å². The van der Waals surface area contributed by atoms with E-state index < -0.39 is 5.97 Å². The zero-order valence-electron chi connectivity index (χ0n) is 10.3. The molecule has 0 unspecified atom stereocenters. The van der Waals surface area contributed by atoms with Gasteiger partial charge in [-0.2, -0.15) is 4.98 Å². The molecule has 2 heterocycles. The first-order valence-corrected chi connectivity index (χ1v) is 7.15. The summed E-state index contributed by atoms with van der Waals surface area (Å²) in [6.07, 6.45) is 9.21. The summed E-state index contributed by atoms with van der Waals surface area (Å²) in [6.45, 7) is 0. The minimum atomic E-state index is -0.975. The lowest BCUT2D eigenvalue weighted by Gasteiger charge is -2.10. The zero-order valence-corrected chi connectivity index (χ0v) is 11.1. The molecule has 6 heteroatoms. The first-order valence-electron chi connectivity index (χ1n) is 6.27. The van der Waals surface area contributed by atoms with E-state index in [4.69, 9.17) is 9.84 Å². The van der Waals surface area contributed by atoms with Crippen LogP contribution in [0.5, 0.6) is 5.88 Å². The molecule has 1 aliphatic carbocycles. The fourth-order valence-corrected chi connectivity index (χ4v) is 3.05. The van der Waals surface area contributed by atoms with E-state index in [2.05, 4.69) is 4.98 Å². The van der Waals surface area contributed by atoms with Gasteiger partial charge in [0.2, 0.25) is 5.88 Å². The van der Waals surface area contributed by atoms with Crippen LogP contribution in [0.2, 0.25) is 0 Å². The van der Waals surface area contributed by atoms with E-state index in [-0.39, 0.29) is 6.10 Å². The Kier molecular flexibility index (Phi) is 3.25. The van der Waals surface area contributed by atoms with E-state index >= 15 is 0 Å². The Balaban J connectivity index is 1.94. The van der Waals surface area contributed by atoms with Gasteiger partial charge in [0.25, 0.3) is 0 Å². The summed E-state index contributed by atoms with van der Waals surface area (Å²) < 4.78 is 7.77. The lowest BCUT2D eigenvalue weighted by Crippen LogP contribution is -2.11. The van der Waals surface area contributed by atoms with Crippen LogP contribution in [0.3, 0.4) is 0 Å². The third kappa shape index (κ3) is 2.49. The van der Waals surface area contributed by atoms with Gasteiger partial charge in [-0.3, -0.25) is 4.40 Å². The van der Waals surface area contributed by atoms with Crippen molar-refractivity contribution in [3.8, 4) is 5.88 Å². The van der Waals surface area contributed by atoms with Crippen LogP contribution in [0, 0.1) is 0 Å². The molecule has 1 aliphatic rings. The maximum absolute atomic E-state index is 10.7. The highest BCUT2D eigenvalue weighted by atomic mass is 32.1. The molecule has 1 N–H and O–H groups in total. The normalized spacial score (nSPS) is 16.6. The topological polar surface area (TPSA) is 63.8 Å². The van der Waals surface area contributed by atoms with Crippen LogP contribution >= 0.6 is 11.3 Å². The van der Waals surface area contributed by atoms with Gasteiger partial charge in [0, 0.05) is 17.7 Å². The molecule has 2 aromatic heterocycles. The number of carbonyl (C=O) groups is 1. The summed E-state index contributed by atoms with van der Waals surface area (Å²) in [5, 5.41) is 10.7. The summed E-state index contributed by atoms with van der Waals surface area (Å²) in [5.41, 5.74) is 0.700. The van der Waals surface area contributed by atoms with Gasteiger partial charge >= 0.3 is 5.97 Å². The SMILES string of the molecule is O=C(O)/C=C/c1c(OC2CCCC2)nc2sccn12. The van der Waals surface area contributed by atoms with Gasteiger partial charge in [-0.1, -0.05) is 0 Å². The number of hydrogen-bond acceptors (Lipinski definition) is 4. The molecule has 0 aliphatic heterocycles. The number of thiazole rings is 1. The first-order chi connectivity index (χ1) is 9.24. The van der Waals surface area contributed by atoms with Crippen LogP contribution in [0.4, 0.5) is 0 Å². The Morgan fingerprint density at radius 2 is 2.32 bits per heavy atom. The summed E-state index contributed by atoms with van der Waals surface area (Å²) in [5.74, 6) is -0.437. The van der Waals surface area contributed by atoms with Crippen molar-refractivity contribution in [2.24, 2.45) is 0 Å². The van der Waals surface area contributed by atoms with Crippen molar-refractivity contribution in [1.29, 1.82) is 0 Å². The molecule has 3 rings (SSSR count). The average Bonchev–Trinajstić information content (AvgIpc) is 3.04. The highest BCUT2D eigenvalue weighted by molar-refractivity contribution is 7.15. The van der Waals surface area contributed by atoms with Crippen molar-refractivity contribution in [3.63, 3.8) is 0 Å². The lowest BCUT2D eigenvalue weighted by atomic mass is 10.3. The molecule has 0 saturated heterocycles. The fourth-order valence-electron chi connectivity index (χ4n) is 2.34. The van der Waals surface area contributed by atoms with Crippen LogP contribution in [0.1, 0.15) is 31.4 Å². The van der Waals surface area contributed by atoms with Gasteiger partial charge in [0.15, 0.2) is 4.96 Å². The van der Waals surface area contributed by atoms with Crippen LogP contribution in [-0.2, 0) is 4.79 Å². The second-order valence-electron chi connectivity index (χ2n) is 4.55. The molecule has 0 bridgehead atoms. The number of aromatic nitrogens is 2. The third-order valence-corrected chi connectivity index (χ3v) is 3.99. The maximum atomic E-state index is 10.7. The Hall–Kier alpha value is -1.82. The fraction of sp³-hybridized carbons (Fsp3) is 0.385. The van der Waals surface area contributed by atoms with Crippen molar-refractivity contribution in [3.05, 3.63) is 23.3 Å². The monoisotopic (exact) mass is 278 g/mol. The Bertz CT molecular complexity index is 623. The van der Waals surface area contributed by atoms with Gasteiger partial charge in [-0.05, 0) is 31.8 Å². The van der Waals surface area contributed by atoms with Gasteiger partial charge < -0.3 is 9.84 Å². The number of nitrogens with zero attached hydrogens (tertiary/aromatic N) is 2. The number of carboxylic acids is 1. The third-order valence-electron chi connectivity index (χ3n) is 3.23. The number of imidazole rings is 1. The van der Waals surface area contributed by atoms with E-state index in [0.29, 0.717) is 11.6 Å². The lowest BCUT2D eigenvalue weighted by molar-refractivity contribution is -0.131. The predicted octanol–water partition coefficient (Wildman–Crippen LogP) is 2.82. The second kappa shape index (κ2) is 5.05. The molecule has 1 fully saturated rings. The maximum Gasteiger partial charge on any atom is 0.328 e. The Morgan fingerprint density at radius 3 is 3.05 bits per heavy atom. The number of hydrogen-bond donors (Lipinski definition) is 1. The Labute approximate surface area is 114 Å². The van der Waals surface area contributed by atoms with Crippen molar-refractivity contribution in [2.45, 2.75) is 31.8 Å². The Morgan fingerprint density at radius 1 is 1.53 bits per heavy atom. The molecule has 0 radical (unpaired) electrons. The minimum Gasteiger partial charge on any atom is -0.478 e. The van der Waals surface area contributed by atoms with E-state index in [1.807, 2.05) is 16.0 Å². The largest absolute Gasteiger partial charge is 0.478 e. The highest BCUT2D eigenvalue weighted by Gasteiger charge is 2.20. The van der Waals surface area contributed by atoms with Gasteiger partial charge in [-0.15, -0.1) is 11.3 Å². The van der Waals surface area contributed by atoms with E-state index in [9.17, 15) is 4.79 Å². The highest BCUT2D eigenvalue weighted by Crippen LogP contribution is 2.29. The van der Waals surface area contributed by atoms with Crippen LogP contribution in [-0.4, -0.2) is 26.6 Å². The molecule has 19 heavy (non-hydrogen) atoms. The van der Waals surface area contributed by atoms with E-state index in [0.717, 1.165) is 23.9 Å². The first kappa shape index (κ1) is 12.2. The van der Waals surface area contributed by atoms with Crippen molar-refractivity contribution >= 4 is 28.3 Å². The minimum absolute atomic E-state index is 0.210. The second-order valence-corrected chi connectivity index (χ2v) is 5.43. The van der Waals surface area contributed by atoms with Crippen molar-refractivity contribution < 1.29 is 14.6 Å². The van der Waals surface area contributed by atoms with Crippen LogP contribution < -0.4 is 4.74 Å². The summed E-state index contributed by atoms with van der Waals surface area (Å²) >= 11 is 1.51. The number of fused-ring (bicyclic) bond motifs is 1. The molecule has 0 atom stereocenters. The number of ether oxygens (including phenoxy) is 1. The average molecular weight is 278 g/mol. The summed E-state index contributed by atoms with van der Waals surface area (Å²) in [6, 6.07) is 0. The van der Waals surface area contributed by atoms with Crippen molar-refractivity contribution in [2.75, 3.05) is 0 Å². The molecule has 0 amide bonds. The number of aliphatic carboxylic acids is 1. The zero-order chi connectivity index (χ0) is 13.2. The summed E-state index contributed by atoms with van der Waals surface area (Å²) in [7, 11) is 0. The quantitative estimate of drug-likeness (QED) is 0.873. The molecule has 2 aromatic rings. The molecular weight excluding hydrogens is 264 g/mol. The molecule has 1 saturated carbocycles. The molecule has 0 spiro atoms. The van der Waals surface area contributed by atoms with Crippen LogP contribution in [0.15, 0.2) is 17.7 Å². The van der Waals surface area contributed by atoms with Gasteiger partial charge in [-0.25, -0.2) is 4.79 Å². The number of rotatable bonds is 4. The predicted molar refractivity (Wildman–Crippen MR) is 72.6 cm³/mol. The summed E-state index contributed by atoms with van der Waals surface area (Å²) in [4.78, 5) is 15.9. The molecule has 100 valence electrons. The van der Waals surface area contributed by atoms with E-state index in [1.54, 1.807) is 6.08 Å². The molecular formula is C13H14N2O3S. The van der Waals surface area contributed by atoms with Gasteiger partial charge in [0.1, 0.15) is 11.8 Å². The molecule has 0 aromatic carbocycles. The standard InChI is InChI=1S/C13H14N2O3S/c16-11(17)6-5-10-12(18-9-3-1-2-4-9)14-13-15(10)7-8-19-13/h5-9H,1-4H2,(H,16,17)/b6-5+. The van der Waals surface area contributed by atoms with Gasteiger partial charge in [0.05, 0.1) is 0 Å². The molecule has 5 nitrogen and oxygen atoms in total.